The Morgan fingerprint density at radius 1 is 0.870 bits per heavy atom. The van der Waals surface area contributed by atoms with Crippen LogP contribution in [-0.4, -0.2) is 60.2 Å². The molecule has 0 spiro atoms. The summed E-state index contributed by atoms with van der Waals surface area (Å²) < 4.78 is 23.8. The zero-order valence-electron chi connectivity index (χ0n) is 15.2. The number of likely N-dealkylation sites (N-methyl/N-ethyl adjacent to an activating group) is 1. The van der Waals surface area contributed by atoms with Crippen LogP contribution in [0.2, 0.25) is 0 Å². The quantitative estimate of drug-likeness (QED) is 0.350. The summed E-state index contributed by atoms with van der Waals surface area (Å²) in [5.74, 6) is -1.14. The van der Waals surface area contributed by atoms with Crippen molar-refractivity contribution >= 4 is 13.5 Å². The summed E-state index contributed by atoms with van der Waals surface area (Å²) in [4.78, 5) is 15.6. The highest BCUT2D eigenvalue weighted by atomic mass is 31.2. The fourth-order valence-corrected chi connectivity index (χ4v) is 4.21. The van der Waals surface area contributed by atoms with Gasteiger partial charge in [-0.05, 0) is 41.5 Å². The van der Waals surface area contributed by atoms with E-state index in [0.717, 1.165) is 0 Å². The van der Waals surface area contributed by atoms with Gasteiger partial charge in [-0.15, -0.1) is 0 Å². The standard InChI is InChI=1S/C15H31N2O5P/c1-7-16(8-2)14(19)13(18)15(17(9-3)10-4)23(20,21-11-5)22-12-6/h18H,7-12H2,1-6H3/b15-13+. The lowest BCUT2D eigenvalue weighted by atomic mass is 10.4. The first kappa shape index (κ1) is 22.0. The second-order valence-electron chi connectivity index (χ2n) is 4.65. The maximum absolute atomic E-state index is 13.1. The first-order valence-corrected chi connectivity index (χ1v) is 9.77. The number of hydrogen-bond acceptors (Lipinski definition) is 6. The van der Waals surface area contributed by atoms with Crippen LogP contribution in [0, 0.1) is 0 Å². The molecule has 0 saturated heterocycles. The van der Waals surface area contributed by atoms with Gasteiger partial charge in [0.15, 0.2) is 5.44 Å². The van der Waals surface area contributed by atoms with Gasteiger partial charge in [-0.3, -0.25) is 9.36 Å². The molecule has 0 aliphatic rings. The molecular formula is C15H31N2O5P. The Kier molecular flexibility index (Phi) is 10.2. The monoisotopic (exact) mass is 350 g/mol. The lowest BCUT2D eigenvalue weighted by Crippen LogP contribution is -2.35. The zero-order chi connectivity index (χ0) is 18.0. The van der Waals surface area contributed by atoms with Crippen molar-refractivity contribution in [2.45, 2.75) is 41.5 Å². The first-order chi connectivity index (χ1) is 10.9. The summed E-state index contributed by atoms with van der Waals surface area (Å²) in [6.07, 6.45) is 0. The van der Waals surface area contributed by atoms with Crippen LogP contribution >= 0.6 is 7.60 Å². The Morgan fingerprint density at radius 2 is 1.26 bits per heavy atom. The SMILES string of the molecule is CCOP(=O)(OCC)/C(=C(/O)C(=O)N(CC)CC)N(CC)CC. The van der Waals surface area contributed by atoms with E-state index in [-0.39, 0.29) is 18.7 Å². The molecule has 0 unspecified atom stereocenters. The average molecular weight is 350 g/mol. The number of aliphatic hydroxyl groups is 1. The molecule has 0 aliphatic heterocycles. The largest absolute Gasteiger partial charge is 0.501 e. The summed E-state index contributed by atoms with van der Waals surface area (Å²) in [7, 11) is -3.78. The highest BCUT2D eigenvalue weighted by molar-refractivity contribution is 7.58. The average Bonchev–Trinajstić information content (AvgIpc) is 2.53. The highest BCUT2D eigenvalue weighted by Gasteiger charge is 2.39. The number of nitrogens with zero attached hydrogens (tertiary/aromatic N) is 2. The lowest BCUT2D eigenvalue weighted by molar-refractivity contribution is -0.129. The Labute approximate surface area is 139 Å². The molecular weight excluding hydrogens is 319 g/mol. The molecule has 8 heteroatoms. The normalized spacial score (nSPS) is 12.8. The van der Waals surface area contributed by atoms with E-state index < -0.39 is 19.3 Å². The van der Waals surface area contributed by atoms with Crippen LogP contribution in [0.1, 0.15) is 41.5 Å². The Hall–Kier alpha value is -1.04. The van der Waals surface area contributed by atoms with Gasteiger partial charge in [0.2, 0.25) is 5.76 Å². The minimum atomic E-state index is -3.78. The van der Waals surface area contributed by atoms with E-state index in [2.05, 4.69) is 0 Å². The van der Waals surface area contributed by atoms with Crippen molar-refractivity contribution in [1.29, 1.82) is 0 Å². The number of aliphatic hydroxyl groups excluding tert-OH is 1. The molecule has 0 radical (unpaired) electrons. The van der Waals surface area contributed by atoms with Crippen molar-refractivity contribution in [2.24, 2.45) is 0 Å². The molecule has 0 aliphatic carbocycles. The third kappa shape index (κ3) is 5.52. The van der Waals surface area contributed by atoms with Crippen molar-refractivity contribution in [3.05, 3.63) is 11.2 Å². The summed E-state index contributed by atoms with van der Waals surface area (Å²) in [6, 6.07) is 0. The predicted octanol–water partition coefficient (Wildman–Crippen LogP) is 3.19. The van der Waals surface area contributed by atoms with Crippen molar-refractivity contribution in [3.8, 4) is 0 Å². The van der Waals surface area contributed by atoms with Crippen molar-refractivity contribution in [1.82, 2.24) is 9.80 Å². The van der Waals surface area contributed by atoms with Gasteiger partial charge in [-0.2, -0.15) is 0 Å². The molecule has 0 saturated carbocycles. The second kappa shape index (κ2) is 10.7. The number of carbonyl (C=O) groups excluding carboxylic acids is 1. The summed E-state index contributed by atoms with van der Waals surface area (Å²) in [5.41, 5.74) is -0.0527. The second-order valence-corrected chi connectivity index (χ2v) is 6.59. The third-order valence-corrected chi connectivity index (χ3v) is 5.60. The number of carbonyl (C=O) groups is 1. The molecule has 1 amide bonds. The topological polar surface area (TPSA) is 79.3 Å². The fourth-order valence-electron chi connectivity index (χ4n) is 2.23. The van der Waals surface area contributed by atoms with E-state index >= 15 is 0 Å². The Balaban J connectivity index is 6.17. The molecule has 23 heavy (non-hydrogen) atoms. The van der Waals surface area contributed by atoms with Gasteiger partial charge in [0.05, 0.1) is 13.2 Å². The minimum absolute atomic E-state index is 0.0527. The maximum atomic E-state index is 13.1. The molecule has 0 atom stereocenters. The van der Waals surface area contributed by atoms with E-state index in [4.69, 9.17) is 9.05 Å². The van der Waals surface area contributed by atoms with Gasteiger partial charge < -0.3 is 24.0 Å². The lowest BCUT2D eigenvalue weighted by Gasteiger charge is -2.30. The van der Waals surface area contributed by atoms with Gasteiger partial charge in [0, 0.05) is 26.2 Å². The Bertz CT molecular complexity index is 435. The van der Waals surface area contributed by atoms with E-state index in [1.54, 1.807) is 18.7 Å². The molecule has 0 heterocycles. The molecule has 0 aromatic carbocycles. The summed E-state index contributed by atoms with van der Waals surface area (Å²) in [6.45, 7) is 12.8. The van der Waals surface area contributed by atoms with E-state index in [9.17, 15) is 14.5 Å². The molecule has 1 N–H and O–H groups in total. The van der Waals surface area contributed by atoms with E-state index in [1.165, 1.54) is 4.90 Å². The van der Waals surface area contributed by atoms with Crippen molar-refractivity contribution < 1.29 is 23.5 Å². The summed E-state index contributed by atoms with van der Waals surface area (Å²) in [5, 5.41) is 10.5. The molecule has 0 aromatic rings. The number of amides is 1. The van der Waals surface area contributed by atoms with Crippen LogP contribution in [0.15, 0.2) is 11.2 Å². The molecule has 136 valence electrons. The van der Waals surface area contributed by atoms with Crippen molar-refractivity contribution in [2.75, 3.05) is 39.4 Å². The van der Waals surface area contributed by atoms with Crippen LogP contribution in [0.4, 0.5) is 0 Å². The van der Waals surface area contributed by atoms with Gasteiger partial charge >= 0.3 is 7.60 Å². The molecule has 0 bridgehead atoms. The van der Waals surface area contributed by atoms with E-state index in [1.807, 2.05) is 27.7 Å². The highest BCUT2D eigenvalue weighted by Crippen LogP contribution is 2.58. The van der Waals surface area contributed by atoms with E-state index in [0.29, 0.717) is 26.2 Å². The fraction of sp³-hybridized carbons (Fsp3) is 0.800. The van der Waals surface area contributed by atoms with Crippen LogP contribution in [0.3, 0.4) is 0 Å². The minimum Gasteiger partial charge on any atom is -0.501 e. The number of hydrogen-bond donors (Lipinski definition) is 1. The van der Waals surface area contributed by atoms with Crippen LogP contribution in [-0.2, 0) is 18.4 Å². The summed E-state index contributed by atoms with van der Waals surface area (Å²) >= 11 is 0. The van der Waals surface area contributed by atoms with Gasteiger partial charge in [-0.25, -0.2) is 0 Å². The smallest absolute Gasteiger partial charge is 0.381 e. The molecule has 7 nitrogen and oxygen atoms in total. The number of rotatable bonds is 11. The van der Waals surface area contributed by atoms with Gasteiger partial charge in [0.25, 0.3) is 5.91 Å². The van der Waals surface area contributed by atoms with Crippen LogP contribution in [0.5, 0.6) is 0 Å². The molecule has 0 fully saturated rings. The van der Waals surface area contributed by atoms with Gasteiger partial charge in [0.1, 0.15) is 0 Å². The van der Waals surface area contributed by atoms with Crippen LogP contribution in [0.25, 0.3) is 0 Å². The molecule has 0 aromatic heterocycles. The van der Waals surface area contributed by atoms with Crippen molar-refractivity contribution in [3.63, 3.8) is 0 Å². The predicted molar refractivity (Wildman–Crippen MR) is 91.4 cm³/mol. The maximum Gasteiger partial charge on any atom is 0.381 e. The zero-order valence-corrected chi connectivity index (χ0v) is 16.1. The molecule has 0 rings (SSSR count). The Morgan fingerprint density at radius 3 is 1.57 bits per heavy atom. The first-order valence-electron chi connectivity index (χ1n) is 8.23. The van der Waals surface area contributed by atoms with Gasteiger partial charge in [-0.1, -0.05) is 0 Å². The van der Waals surface area contributed by atoms with Crippen LogP contribution < -0.4 is 0 Å². The third-order valence-electron chi connectivity index (χ3n) is 3.39.